The number of nitrogens with zero attached hydrogens (tertiary/aromatic N) is 1. The lowest BCUT2D eigenvalue weighted by Gasteiger charge is -2.19. The number of benzene rings is 1. The lowest BCUT2D eigenvalue weighted by molar-refractivity contribution is -0.122. The van der Waals surface area contributed by atoms with Gasteiger partial charge in [0.05, 0.1) is 6.54 Å². The molecule has 1 aromatic heterocycles. The van der Waals surface area contributed by atoms with Gasteiger partial charge in [-0.3, -0.25) is 9.59 Å². The van der Waals surface area contributed by atoms with E-state index in [1.807, 2.05) is 45.0 Å². The number of carbonyl (C=O) groups is 2. The molecule has 0 aliphatic rings. The largest absolute Gasteiger partial charge is 0.451 e. The standard InChI is InChI=1S/C16H20N2O3/c1-4-18(10-15(19)17-11(2)3)16(20)14-9-12-7-5-6-8-13(12)21-14/h5-9,11H,4,10H2,1-3H3,(H,17,19). The Labute approximate surface area is 123 Å². The molecule has 2 aromatic rings. The van der Waals surface area contributed by atoms with E-state index in [1.54, 1.807) is 6.07 Å². The number of likely N-dealkylation sites (N-methyl/N-ethyl adjacent to an activating group) is 1. The van der Waals surface area contributed by atoms with Gasteiger partial charge in [0.25, 0.3) is 5.91 Å². The van der Waals surface area contributed by atoms with Crippen LogP contribution in [0, 0.1) is 0 Å². The van der Waals surface area contributed by atoms with Crippen molar-refractivity contribution in [1.29, 1.82) is 0 Å². The quantitative estimate of drug-likeness (QED) is 0.919. The Balaban J connectivity index is 2.14. The van der Waals surface area contributed by atoms with E-state index in [1.165, 1.54) is 4.90 Å². The molecule has 0 spiro atoms. The number of hydrogen-bond acceptors (Lipinski definition) is 3. The second kappa shape index (κ2) is 6.43. The average molecular weight is 288 g/mol. The predicted octanol–water partition coefficient (Wildman–Crippen LogP) is 2.42. The second-order valence-electron chi connectivity index (χ2n) is 5.19. The van der Waals surface area contributed by atoms with Gasteiger partial charge in [-0.05, 0) is 32.9 Å². The Morgan fingerprint density at radius 2 is 2.00 bits per heavy atom. The van der Waals surface area contributed by atoms with Crippen molar-refractivity contribution in [2.24, 2.45) is 0 Å². The molecule has 2 amide bonds. The zero-order valence-corrected chi connectivity index (χ0v) is 12.6. The lowest BCUT2D eigenvalue weighted by Crippen LogP contribution is -2.42. The zero-order chi connectivity index (χ0) is 15.4. The van der Waals surface area contributed by atoms with Crippen molar-refractivity contribution < 1.29 is 14.0 Å². The van der Waals surface area contributed by atoms with Crippen LogP contribution in [0.5, 0.6) is 0 Å². The highest BCUT2D eigenvalue weighted by molar-refractivity contribution is 5.97. The van der Waals surface area contributed by atoms with E-state index in [0.29, 0.717) is 12.1 Å². The minimum absolute atomic E-state index is 0.0323. The van der Waals surface area contributed by atoms with Gasteiger partial charge in [-0.1, -0.05) is 18.2 Å². The number of amides is 2. The first-order valence-corrected chi connectivity index (χ1v) is 7.08. The summed E-state index contributed by atoms with van der Waals surface area (Å²) in [5, 5.41) is 3.66. The molecule has 0 bridgehead atoms. The van der Waals surface area contributed by atoms with Crippen LogP contribution in [0.3, 0.4) is 0 Å². The molecule has 21 heavy (non-hydrogen) atoms. The number of furan rings is 1. The molecule has 0 radical (unpaired) electrons. The molecule has 0 aliphatic carbocycles. The molecule has 1 aromatic carbocycles. The van der Waals surface area contributed by atoms with Crippen molar-refractivity contribution in [3.05, 3.63) is 36.1 Å². The predicted molar refractivity (Wildman–Crippen MR) is 81.1 cm³/mol. The van der Waals surface area contributed by atoms with Crippen LogP contribution in [0.25, 0.3) is 11.0 Å². The van der Waals surface area contributed by atoms with Crippen LogP contribution < -0.4 is 5.32 Å². The lowest BCUT2D eigenvalue weighted by atomic mass is 10.2. The third-order valence-electron chi connectivity index (χ3n) is 3.09. The van der Waals surface area contributed by atoms with Crippen LogP contribution in [0.15, 0.2) is 34.7 Å². The summed E-state index contributed by atoms with van der Waals surface area (Å²) in [6.07, 6.45) is 0. The van der Waals surface area contributed by atoms with Crippen LogP contribution in [-0.4, -0.2) is 35.8 Å². The third kappa shape index (κ3) is 3.62. The Morgan fingerprint density at radius 1 is 1.29 bits per heavy atom. The van der Waals surface area contributed by atoms with E-state index in [0.717, 1.165) is 5.39 Å². The van der Waals surface area contributed by atoms with E-state index in [-0.39, 0.29) is 30.2 Å². The number of rotatable bonds is 5. The fourth-order valence-electron chi connectivity index (χ4n) is 2.11. The molecule has 5 nitrogen and oxygen atoms in total. The maximum absolute atomic E-state index is 12.4. The Kier molecular flexibility index (Phi) is 4.62. The zero-order valence-electron chi connectivity index (χ0n) is 12.6. The van der Waals surface area contributed by atoms with Gasteiger partial charge < -0.3 is 14.6 Å². The average Bonchev–Trinajstić information content (AvgIpc) is 2.87. The summed E-state index contributed by atoms with van der Waals surface area (Å²) in [6, 6.07) is 9.21. The summed E-state index contributed by atoms with van der Waals surface area (Å²) in [6.45, 7) is 6.08. The summed E-state index contributed by atoms with van der Waals surface area (Å²) >= 11 is 0. The normalized spacial score (nSPS) is 10.9. The number of fused-ring (bicyclic) bond motifs is 1. The summed E-state index contributed by atoms with van der Waals surface area (Å²) in [5.74, 6) is -0.181. The summed E-state index contributed by atoms with van der Waals surface area (Å²) in [4.78, 5) is 25.7. The van der Waals surface area contributed by atoms with E-state index < -0.39 is 0 Å². The number of para-hydroxylation sites is 1. The molecular formula is C16H20N2O3. The summed E-state index contributed by atoms with van der Waals surface area (Å²) < 4.78 is 5.55. The van der Waals surface area contributed by atoms with Gasteiger partial charge >= 0.3 is 0 Å². The SMILES string of the molecule is CCN(CC(=O)NC(C)C)C(=O)c1cc2ccccc2o1. The summed E-state index contributed by atoms with van der Waals surface area (Å²) in [7, 11) is 0. The van der Waals surface area contributed by atoms with Crippen molar-refractivity contribution in [2.45, 2.75) is 26.8 Å². The first-order chi connectivity index (χ1) is 10.0. The molecule has 0 saturated heterocycles. The van der Waals surface area contributed by atoms with E-state index in [4.69, 9.17) is 4.42 Å². The van der Waals surface area contributed by atoms with Gasteiger partial charge in [0.2, 0.25) is 5.91 Å². The monoisotopic (exact) mass is 288 g/mol. The van der Waals surface area contributed by atoms with Crippen LogP contribution in [0.2, 0.25) is 0 Å². The van der Waals surface area contributed by atoms with Gasteiger partial charge in [0.1, 0.15) is 5.58 Å². The van der Waals surface area contributed by atoms with Crippen molar-refractivity contribution in [1.82, 2.24) is 10.2 Å². The first-order valence-electron chi connectivity index (χ1n) is 7.08. The van der Waals surface area contributed by atoms with Crippen LogP contribution >= 0.6 is 0 Å². The van der Waals surface area contributed by atoms with Crippen molar-refractivity contribution in [3.63, 3.8) is 0 Å². The molecule has 0 aliphatic heterocycles. The van der Waals surface area contributed by atoms with Gasteiger partial charge in [-0.2, -0.15) is 0 Å². The highest BCUT2D eigenvalue weighted by Crippen LogP contribution is 2.19. The highest BCUT2D eigenvalue weighted by Gasteiger charge is 2.21. The van der Waals surface area contributed by atoms with E-state index in [9.17, 15) is 9.59 Å². The van der Waals surface area contributed by atoms with Gasteiger partial charge in [-0.25, -0.2) is 0 Å². The molecule has 0 fully saturated rings. The van der Waals surface area contributed by atoms with Gasteiger partial charge in [0.15, 0.2) is 5.76 Å². The van der Waals surface area contributed by atoms with Crippen molar-refractivity contribution in [3.8, 4) is 0 Å². The van der Waals surface area contributed by atoms with Gasteiger partial charge in [-0.15, -0.1) is 0 Å². The molecular weight excluding hydrogens is 268 g/mol. The molecule has 0 saturated carbocycles. The Hall–Kier alpha value is -2.30. The number of hydrogen-bond donors (Lipinski definition) is 1. The number of carbonyl (C=O) groups excluding carboxylic acids is 2. The van der Waals surface area contributed by atoms with Gasteiger partial charge in [0, 0.05) is 18.0 Å². The fourth-order valence-corrected chi connectivity index (χ4v) is 2.11. The smallest absolute Gasteiger partial charge is 0.290 e. The highest BCUT2D eigenvalue weighted by atomic mass is 16.3. The molecule has 0 unspecified atom stereocenters. The molecule has 5 heteroatoms. The minimum Gasteiger partial charge on any atom is -0.451 e. The Morgan fingerprint density at radius 3 is 2.62 bits per heavy atom. The van der Waals surface area contributed by atoms with Crippen LogP contribution in [0.4, 0.5) is 0 Å². The minimum atomic E-state index is -0.271. The topological polar surface area (TPSA) is 62.6 Å². The maximum Gasteiger partial charge on any atom is 0.290 e. The van der Waals surface area contributed by atoms with Crippen LogP contribution in [-0.2, 0) is 4.79 Å². The van der Waals surface area contributed by atoms with Crippen molar-refractivity contribution >= 4 is 22.8 Å². The van der Waals surface area contributed by atoms with E-state index in [2.05, 4.69) is 5.32 Å². The fraction of sp³-hybridized carbons (Fsp3) is 0.375. The Bertz CT molecular complexity index is 613. The molecule has 2 rings (SSSR count). The van der Waals surface area contributed by atoms with E-state index >= 15 is 0 Å². The molecule has 1 N–H and O–H groups in total. The summed E-state index contributed by atoms with van der Waals surface area (Å²) in [5.41, 5.74) is 0.670. The first kappa shape index (κ1) is 15.1. The maximum atomic E-state index is 12.4. The third-order valence-corrected chi connectivity index (χ3v) is 3.09. The molecule has 0 atom stereocenters. The van der Waals surface area contributed by atoms with Crippen LogP contribution in [0.1, 0.15) is 31.3 Å². The second-order valence-corrected chi connectivity index (χ2v) is 5.19. The molecule has 112 valence electrons. The molecule has 1 heterocycles. The van der Waals surface area contributed by atoms with Crippen molar-refractivity contribution in [2.75, 3.05) is 13.1 Å². The number of nitrogens with one attached hydrogen (secondary N) is 1.